The zero-order valence-corrected chi connectivity index (χ0v) is 13.6. The van der Waals surface area contributed by atoms with Crippen molar-refractivity contribution in [2.45, 2.75) is 26.4 Å². The van der Waals surface area contributed by atoms with E-state index < -0.39 is 11.6 Å². The number of hydrogen-bond acceptors (Lipinski definition) is 1. The molecule has 0 aliphatic carbocycles. The maximum Gasteiger partial charge on any atom is 0.238 e. The Balaban J connectivity index is 2.17. The molecule has 0 saturated carbocycles. The van der Waals surface area contributed by atoms with Crippen LogP contribution in [0.15, 0.2) is 42.5 Å². The first-order chi connectivity index (χ1) is 11.0. The maximum absolute atomic E-state index is 13.8. The van der Waals surface area contributed by atoms with Crippen molar-refractivity contribution in [2.24, 2.45) is 0 Å². The summed E-state index contributed by atoms with van der Waals surface area (Å²) in [6.07, 6.45) is 0.936. The van der Waals surface area contributed by atoms with Crippen molar-refractivity contribution in [1.29, 1.82) is 0 Å². The average Bonchev–Trinajstić information content (AvgIpc) is 2.56. The van der Waals surface area contributed by atoms with Gasteiger partial charge >= 0.3 is 0 Å². The summed E-state index contributed by atoms with van der Waals surface area (Å²) in [4.78, 5) is 13.5. The third kappa shape index (κ3) is 4.76. The van der Waals surface area contributed by atoms with Crippen molar-refractivity contribution in [1.82, 2.24) is 4.90 Å². The molecule has 0 saturated heterocycles. The average molecular weight is 338 g/mol. The summed E-state index contributed by atoms with van der Waals surface area (Å²) in [6.45, 7) is 2.44. The second-order valence-electron chi connectivity index (χ2n) is 5.29. The number of benzene rings is 2. The zero-order valence-electron chi connectivity index (χ0n) is 12.9. The molecule has 0 heterocycles. The van der Waals surface area contributed by atoms with Crippen LogP contribution >= 0.6 is 11.6 Å². The third-order valence-corrected chi connectivity index (χ3v) is 3.88. The Bertz CT molecular complexity index is 673. The summed E-state index contributed by atoms with van der Waals surface area (Å²) in [5.74, 6) is -1.79. The van der Waals surface area contributed by atoms with Gasteiger partial charge in [-0.05, 0) is 23.6 Å². The lowest BCUT2D eigenvalue weighted by Gasteiger charge is -2.22. The van der Waals surface area contributed by atoms with Gasteiger partial charge in [-0.3, -0.25) is 4.79 Å². The first-order valence-corrected chi connectivity index (χ1v) is 7.92. The van der Waals surface area contributed by atoms with E-state index in [1.54, 1.807) is 0 Å². The summed E-state index contributed by atoms with van der Waals surface area (Å²) in [5, 5.41) is 0. The molecule has 122 valence electrons. The Kier molecular flexibility index (Phi) is 6.11. The van der Waals surface area contributed by atoms with Crippen LogP contribution in [0.1, 0.15) is 23.6 Å². The van der Waals surface area contributed by atoms with Gasteiger partial charge < -0.3 is 4.90 Å². The second kappa shape index (κ2) is 8.06. The van der Waals surface area contributed by atoms with Crippen LogP contribution in [0.2, 0.25) is 0 Å². The molecule has 5 heteroatoms. The topological polar surface area (TPSA) is 20.3 Å². The van der Waals surface area contributed by atoms with Crippen LogP contribution in [0.5, 0.6) is 0 Å². The van der Waals surface area contributed by atoms with Gasteiger partial charge in [0.15, 0.2) is 0 Å². The lowest BCUT2D eigenvalue weighted by atomic mass is 10.1. The van der Waals surface area contributed by atoms with Gasteiger partial charge in [-0.15, -0.1) is 11.6 Å². The Hall–Kier alpha value is -1.94. The van der Waals surface area contributed by atoms with E-state index in [9.17, 15) is 13.6 Å². The lowest BCUT2D eigenvalue weighted by molar-refractivity contribution is -0.129. The van der Waals surface area contributed by atoms with Crippen molar-refractivity contribution in [3.8, 4) is 0 Å². The molecule has 0 fully saturated rings. The van der Waals surface area contributed by atoms with E-state index in [2.05, 4.69) is 6.92 Å². The van der Waals surface area contributed by atoms with Crippen LogP contribution in [-0.4, -0.2) is 16.7 Å². The quantitative estimate of drug-likeness (QED) is 0.720. The minimum absolute atomic E-state index is 0.0488. The molecule has 0 unspecified atom stereocenters. The van der Waals surface area contributed by atoms with E-state index in [1.165, 1.54) is 22.6 Å². The zero-order chi connectivity index (χ0) is 16.8. The minimum Gasteiger partial charge on any atom is -0.333 e. The first-order valence-electron chi connectivity index (χ1n) is 7.39. The standard InChI is InChI=1S/C18H18ClF2NO/c1-2-13-3-5-14(6-4-13)11-22(18(23)10-19)12-15-7-8-16(20)9-17(15)21/h3-9H,2,10-12H2,1H3. The van der Waals surface area contributed by atoms with Crippen LogP contribution in [0, 0.1) is 11.6 Å². The van der Waals surface area contributed by atoms with Crippen molar-refractivity contribution >= 4 is 17.5 Å². The highest BCUT2D eigenvalue weighted by Gasteiger charge is 2.16. The molecule has 2 aromatic rings. The van der Waals surface area contributed by atoms with Crippen LogP contribution in [-0.2, 0) is 24.3 Å². The molecule has 0 aliphatic rings. The molecule has 0 aliphatic heterocycles. The molecule has 0 atom stereocenters. The van der Waals surface area contributed by atoms with Gasteiger partial charge in [0.1, 0.15) is 17.5 Å². The summed E-state index contributed by atoms with van der Waals surface area (Å²) in [6, 6.07) is 11.2. The third-order valence-electron chi connectivity index (χ3n) is 3.65. The van der Waals surface area contributed by atoms with Gasteiger partial charge in [-0.1, -0.05) is 37.3 Å². The minimum atomic E-state index is -0.668. The predicted molar refractivity (Wildman–Crippen MR) is 87.2 cm³/mol. The monoisotopic (exact) mass is 337 g/mol. The molecule has 23 heavy (non-hydrogen) atoms. The van der Waals surface area contributed by atoms with E-state index in [0.29, 0.717) is 6.54 Å². The number of hydrogen-bond donors (Lipinski definition) is 0. The largest absolute Gasteiger partial charge is 0.333 e. The number of nitrogens with zero attached hydrogens (tertiary/aromatic N) is 1. The number of carbonyl (C=O) groups excluding carboxylic acids is 1. The van der Waals surface area contributed by atoms with Crippen LogP contribution in [0.25, 0.3) is 0 Å². The summed E-state index contributed by atoms with van der Waals surface area (Å²) in [5.41, 5.74) is 2.40. The van der Waals surface area contributed by atoms with E-state index in [-0.39, 0.29) is 23.9 Å². The molecule has 1 amide bonds. The normalized spacial score (nSPS) is 10.6. The van der Waals surface area contributed by atoms with Gasteiger partial charge in [-0.25, -0.2) is 8.78 Å². The molecular formula is C18H18ClF2NO. The van der Waals surface area contributed by atoms with Crippen LogP contribution < -0.4 is 0 Å². The number of rotatable bonds is 6. The van der Waals surface area contributed by atoms with Gasteiger partial charge in [-0.2, -0.15) is 0 Å². The Morgan fingerprint density at radius 1 is 1.04 bits per heavy atom. The number of amides is 1. The number of aryl methyl sites for hydroxylation is 1. The van der Waals surface area contributed by atoms with E-state index in [4.69, 9.17) is 11.6 Å². The molecule has 2 aromatic carbocycles. The Labute approximate surface area is 139 Å². The molecule has 0 spiro atoms. The molecule has 0 N–H and O–H groups in total. The predicted octanol–water partition coefficient (Wildman–Crippen LogP) is 4.29. The van der Waals surface area contributed by atoms with Gasteiger partial charge in [0.05, 0.1) is 0 Å². The van der Waals surface area contributed by atoms with Crippen LogP contribution in [0.3, 0.4) is 0 Å². The van der Waals surface area contributed by atoms with E-state index in [0.717, 1.165) is 18.1 Å². The van der Waals surface area contributed by atoms with Gasteiger partial charge in [0, 0.05) is 24.7 Å². The van der Waals surface area contributed by atoms with Gasteiger partial charge in [0.2, 0.25) is 5.91 Å². The highest BCUT2D eigenvalue weighted by atomic mass is 35.5. The van der Waals surface area contributed by atoms with E-state index in [1.807, 2.05) is 24.3 Å². The smallest absolute Gasteiger partial charge is 0.238 e. The lowest BCUT2D eigenvalue weighted by Crippen LogP contribution is -2.31. The fourth-order valence-electron chi connectivity index (χ4n) is 2.27. The second-order valence-corrected chi connectivity index (χ2v) is 5.56. The number of halogens is 3. The molecule has 2 nitrogen and oxygen atoms in total. The number of carbonyl (C=O) groups is 1. The van der Waals surface area contributed by atoms with Crippen LogP contribution in [0.4, 0.5) is 8.78 Å². The van der Waals surface area contributed by atoms with Crippen molar-refractivity contribution < 1.29 is 13.6 Å². The first kappa shape index (κ1) is 17.4. The summed E-state index contributed by atoms with van der Waals surface area (Å²) >= 11 is 5.65. The molecule has 2 rings (SSSR count). The van der Waals surface area contributed by atoms with Gasteiger partial charge in [0.25, 0.3) is 0 Å². The molecule has 0 radical (unpaired) electrons. The van der Waals surface area contributed by atoms with Crippen molar-refractivity contribution in [2.75, 3.05) is 5.88 Å². The number of alkyl halides is 1. The fraction of sp³-hybridized carbons (Fsp3) is 0.278. The Morgan fingerprint density at radius 2 is 1.70 bits per heavy atom. The SMILES string of the molecule is CCc1ccc(CN(Cc2ccc(F)cc2F)C(=O)CCl)cc1. The highest BCUT2D eigenvalue weighted by Crippen LogP contribution is 2.16. The summed E-state index contributed by atoms with van der Waals surface area (Å²) in [7, 11) is 0. The molecule has 0 bridgehead atoms. The van der Waals surface area contributed by atoms with Crippen molar-refractivity contribution in [3.05, 3.63) is 70.8 Å². The van der Waals surface area contributed by atoms with E-state index >= 15 is 0 Å². The summed E-state index contributed by atoms with van der Waals surface area (Å²) < 4.78 is 26.8. The molecular weight excluding hydrogens is 320 g/mol. The Morgan fingerprint density at radius 3 is 2.26 bits per heavy atom. The molecule has 0 aromatic heterocycles. The maximum atomic E-state index is 13.8. The fourth-order valence-corrected chi connectivity index (χ4v) is 2.44. The van der Waals surface area contributed by atoms with Crippen molar-refractivity contribution in [3.63, 3.8) is 0 Å². The highest BCUT2D eigenvalue weighted by molar-refractivity contribution is 6.27.